The number of Topliss-reactive ketones (excluding diaryl/α,β-unsaturated/α-hetero) is 1. The van der Waals surface area contributed by atoms with Crippen LogP contribution in [0.2, 0.25) is 0 Å². The second kappa shape index (κ2) is 8.13. The van der Waals surface area contributed by atoms with Crippen molar-refractivity contribution in [3.8, 4) is 0 Å². The minimum atomic E-state index is -3.62. The molecule has 30 heavy (non-hydrogen) atoms. The van der Waals surface area contributed by atoms with E-state index in [2.05, 4.69) is 9.72 Å². The van der Waals surface area contributed by atoms with E-state index in [1.165, 1.54) is 42.7 Å². The summed E-state index contributed by atoms with van der Waals surface area (Å²) in [6.07, 6.45) is 1.17. The minimum Gasteiger partial charge on any atom is -0.465 e. The molecule has 162 valence electrons. The number of ether oxygens (including phenoxy) is 1. The standard InChI is InChI=1S/C18H21FN4O6S/c1-21(2)30(27,28)23-8-6-22(7-9-23)17(25)16(24)12-10-20-15-11(18(26)29-3)4-5-13(19)14(12)15/h4-5,10,20H,6-9H2,1-3H3. The fraction of sp³-hybridized carbons (Fsp3) is 0.389. The van der Waals surface area contributed by atoms with Crippen LogP contribution in [0.25, 0.3) is 10.9 Å². The van der Waals surface area contributed by atoms with Crippen molar-refractivity contribution in [2.75, 3.05) is 47.4 Å². The molecule has 10 nitrogen and oxygen atoms in total. The summed E-state index contributed by atoms with van der Waals surface area (Å²) in [5, 5.41) is -0.176. The Labute approximate surface area is 172 Å². The summed E-state index contributed by atoms with van der Waals surface area (Å²) in [5.74, 6) is -3.31. The third-order valence-electron chi connectivity index (χ3n) is 4.94. The van der Waals surface area contributed by atoms with Gasteiger partial charge in [-0.3, -0.25) is 9.59 Å². The highest BCUT2D eigenvalue weighted by molar-refractivity contribution is 7.86. The van der Waals surface area contributed by atoms with Crippen molar-refractivity contribution in [2.45, 2.75) is 0 Å². The maximum absolute atomic E-state index is 14.4. The molecule has 3 rings (SSSR count). The van der Waals surface area contributed by atoms with Crippen molar-refractivity contribution in [3.05, 3.63) is 35.3 Å². The normalized spacial score (nSPS) is 15.6. The molecule has 1 fully saturated rings. The van der Waals surface area contributed by atoms with E-state index >= 15 is 0 Å². The molecular formula is C18H21FN4O6S. The number of amides is 1. The number of esters is 1. The summed E-state index contributed by atoms with van der Waals surface area (Å²) < 4.78 is 45.7. The SMILES string of the molecule is COC(=O)c1ccc(F)c2c(C(=O)C(=O)N3CCN(S(=O)(=O)N(C)C)CC3)c[nH]c12. The Morgan fingerprint density at radius 1 is 1.10 bits per heavy atom. The number of benzene rings is 1. The molecule has 0 radical (unpaired) electrons. The Morgan fingerprint density at radius 3 is 2.30 bits per heavy atom. The fourth-order valence-electron chi connectivity index (χ4n) is 3.28. The van der Waals surface area contributed by atoms with Crippen LogP contribution in [-0.2, 0) is 19.7 Å². The molecule has 0 saturated carbocycles. The van der Waals surface area contributed by atoms with Crippen molar-refractivity contribution in [3.63, 3.8) is 0 Å². The quantitative estimate of drug-likeness (QED) is 0.404. The molecule has 1 saturated heterocycles. The van der Waals surface area contributed by atoms with Crippen LogP contribution in [-0.4, -0.2) is 92.0 Å². The van der Waals surface area contributed by atoms with Gasteiger partial charge in [0.15, 0.2) is 0 Å². The van der Waals surface area contributed by atoms with Gasteiger partial charge in [0.2, 0.25) is 0 Å². The van der Waals surface area contributed by atoms with Crippen molar-refractivity contribution >= 4 is 38.8 Å². The first kappa shape index (κ1) is 21.9. The van der Waals surface area contributed by atoms with E-state index < -0.39 is 33.7 Å². The topological polar surface area (TPSA) is 120 Å². The number of methoxy groups -OCH3 is 1. The number of piperazine rings is 1. The highest BCUT2D eigenvalue weighted by Gasteiger charge is 2.33. The smallest absolute Gasteiger partial charge is 0.339 e. The van der Waals surface area contributed by atoms with Gasteiger partial charge in [-0.1, -0.05) is 0 Å². The molecule has 1 aliphatic rings. The molecule has 0 atom stereocenters. The zero-order valence-electron chi connectivity index (χ0n) is 16.6. The van der Waals surface area contributed by atoms with Gasteiger partial charge < -0.3 is 14.6 Å². The van der Waals surface area contributed by atoms with E-state index in [-0.39, 0.29) is 48.2 Å². The van der Waals surface area contributed by atoms with Crippen LogP contribution in [0, 0.1) is 5.82 Å². The Morgan fingerprint density at radius 2 is 1.73 bits per heavy atom. The van der Waals surface area contributed by atoms with Crippen molar-refractivity contribution in [2.24, 2.45) is 0 Å². The Balaban J connectivity index is 1.84. The van der Waals surface area contributed by atoms with Gasteiger partial charge in [0.25, 0.3) is 21.9 Å². The summed E-state index contributed by atoms with van der Waals surface area (Å²) in [5.41, 5.74) is -0.121. The number of ketones is 1. The van der Waals surface area contributed by atoms with E-state index in [0.29, 0.717) is 0 Å². The van der Waals surface area contributed by atoms with Crippen LogP contribution < -0.4 is 0 Å². The average Bonchev–Trinajstić information content (AvgIpc) is 3.18. The van der Waals surface area contributed by atoms with E-state index in [1.54, 1.807) is 0 Å². The molecule has 1 aliphatic heterocycles. The van der Waals surface area contributed by atoms with Gasteiger partial charge in [-0.15, -0.1) is 0 Å². The first-order chi connectivity index (χ1) is 14.1. The van der Waals surface area contributed by atoms with E-state index in [9.17, 15) is 27.2 Å². The average molecular weight is 440 g/mol. The molecular weight excluding hydrogens is 419 g/mol. The lowest BCUT2D eigenvalue weighted by atomic mass is 10.0. The maximum atomic E-state index is 14.4. The summed E-state index contributed by atoms with van der Waals surface area (Å²) in [7, 11) is 0.370. The number of nitrogens with one attached hydrogen (secondary N) is 1. The molecule has 12 heteroatoms. The summed E-state index contributed by atoms with van der Waals surface area (Å²) in [6.45, 7) is 0.119. The molecule has 0 bridgehead atoms. The lowest BCUT2D eigenvalue weighted by Crippen LogP contribution is -2.54. The number of carbonyl (C=O) groups excluding carboxylic acids is 3. The molecule has 1 N–H and O–H groups in total. The second-order valence-electron chi connectivity index (χ2n) is 6.85. The van der Waals surface area contributed by atoms with E-state index in [4.69, 9.17) is 0 Å². The number of halogens is 1. The number of hydrogen-bond donors (Lipinski definition) is 1. The highest BCUT2D eigenvalue weighted by Crippen LogP contribution is 2.26. The second-order valence-corrected chi connectivity index (χ2v) is 8.99. The number of hydrogen-bond acceptors (Lipinski definition) is 6. The van der Waals surface area contributed by atoms with Crippen LogP contribution >= 0.6 is 0 Å². The molecule has 0 unspecified atom stereocenters. The Kier molecular flexibility index (Phi) is 5.92. The molecule has 1 aromatic heterocycles. The molecule has 2 aromatic rings. The zero-order valence-corrected chi connectivity index (χ0v) is 17.5. The van der Waals surface area contributed by atoms with Gasteiger partial charge in [0.05, 0.1) is 23.8 Å². The lowest BCUT2D eigenvalue weighted by Gasteiger charge is -2.34. The van der Waals surface area contributed by atoms with Crippen LogP contribution in [0.4, 0.5) is 4.39 Å². The largest absolute Gasteiger partial charge is 0.465 e. The number of fused-ring (bicyclic) bond motifs is 1. The first-order valence-corrected chi connectivity index (χ1v) is 10.4. The number of aromatic nitrogens is 1. The van der Waals surface area contributed by atoms with Gasteiger partial charge in [-0.05, 0) is 12.1 Å². The Bertz CT molecular complexity index is 1120. The summed E-state index contributed by atoms with van der Waals surface area (Å²) in [4.78, 5) is 41.2. The molecule has 0 aliphatic carbocycles. The van der Waals surface area contributed by atoms with Gasteiger partial charge in [0, 0.05) is 51.9 Å². The molecule has 1 aromatic carbocycles. The monoisotopic (exact) mass is 440 g/mol. The highest BCUT2D eigenvalue weighted by atomic mass is 32.2. The number of nitrogens with zero attached hydrogens (tertiary/aromatic N) is 3. The fourth-order valence-corrected chi connectivity index (χ4v) is 4.36. The number of rotatable bonds is 5. The number of aromatic amines is 1. The Hall–Kier alpha value is -2.83. The minimum absolute atomic E-state index is 0.0237. The number of carbonyl (C=O) groups is 3. The number of H-pyrrole nitrogens is 1. The lowest BCUT2D eigenvalue weighted by molar-refractivity contribution is -0.127. The molecule has 0 spiro atoms. The van der Waals surface area contributed by atoms with Gasteiger partial charge in [-0.2, -0.15) is 17.0 Å². The summed E-state index contributed by atoms with van der Waals surface area (Å²) in [6, 6.07) is 2.25. The summed E-state index contributed by atoms with van der Waals surface area (Å²) >= 11 is 0. The van der Waals surface area contributed by atoms with Crippen LogP contribution in [0.5, 0.6) is 0 Å². The zero-order chi connectivity index (χ0) is 22.2. The van der Waals surface area contributed by atoms with Crippen LogP contribution in [0.3, 0.4) is 0 Å². The van der Waals surface area contributed by atoms with E-state index in [1.807, 2.05) is 0 Å². The van der Waals surface area contributed by atoms with E-state index in [0.717, 1.165) is 10.4 Å². The predicted molar refractivity (Wildman–Crippen MR) is 105 cm³/mol. The van der Waals surface area contributed by atoms with Crippen molar-refractivity contribution in [1.29, 1.82) is 0 Å². The van der Waals surface area contributed by atoms with Crippen molar-refractivity contribution < 1.29 is 31.9 Å². The third kappa shape index (κ3) is 3.68. The predicted octanol–water partition coefficient (Wildman–Crippen LogP) is 0.227. The maximum Gasteiger partial charge on any atom is 0.339 e. The first-order valence-electron chi connectivity index (χ1n) is 8.98. The van der Waals surface area contributed by atoms with Crippen LogP contribution in [0.15, 0.2) is 18.3 Å². The van der Waals surface area contributed by atoms with Gasteiger partial charge in [0.1, 0.15) is 5.82 Å². The molecule has 1 amide bonds. The van der Waals surface area contributed by atoms with Gasteiger partial charge in [-0.25, -0.2) is 9.18 Å². The van der Waals surface area contributed by atoms with Gasteiger partial charge >= 0.3 is 5.97 Å². The molecule has 2 heterocycles. The van der Waals surface area contributed by atoms with Crippen LogP contribution in [0.1, 0.15) is 20.7 Å². The van der Waals surface area contributed by atoms with Crippen molar-refractivity contribution in [1.82, 2.24) is 18.5 Å². The third-order valence-corrected chi connectivity index (χ3v) is 6.88.